The topological polar surface area (TPSA) is 21.3 Å². The zero-order chi connectivity index (χ0) is 12.0. The van der Waals surface area contributed by atoms with Crippen molar-refractivity contribution in [3.05, 3.63) is 35.4 Å². The fraction of sp³-hybridized carbons (Fsp3) is 0.571. The predicted molar refractivity (Wildman–Crippen MR) is 68.7 cm³/mol. The molecule has 0 saturated heterocycles. The second-order valence-corrected chi connectivity index (χ2v) is 4.39. The first-order valence-corrected chi connectivity index (χ1v) is 5.99. The van der Waals surface area contributed by atoms with Gasteiger partial charge in [-0.25, -0.2) is 0 Å². The zero-order valence-corrected chi connectivity index (χ0v) is 10.8. The lowest BCUT2D eigenvalue weighted by Crippen LogP contribution is -2.33. The molecule has 2 unspecified atom stereocenters. The first kappa shape index (κ1) is 13.2. The number of benzene rings is 1. The molecule has 2 nitrogen and oxygen atoms in total. The van der Waals surface area contributed by atoms with Crippen LogP contribution in [-0.2, 0) is 4.74 Å². The maximum absolute atomic E-state index is 5.14. The van der Waals surface area contributed by atoms with E-state index >= 15 is 0 Å². The summed E-state index contributed by atoms with van der Waals surface area (Å²) in [6, 6.07) is 9.55. The van der Waals surface area contributed by atoms with Gasteiger partial charge in [0.25, 0.3) is 0 Å². The van der Waals surface area contributed by atoms with Crippen LogP contribution in [0, 0.1) is 6.92 Å². The molecule has 0 heterocycles. The molecule has 0 radical (unpaired) electrons. The van der Waals surface area contributed by atoms with Gasteiger partial charge in [0.1, 0.15) is 0 Å². The third-order valence-corrected chi connectivity index (χ3v) is 2.79. The predicted octanol–water partition coefficient (Wildman–Crippen LogP) is 3.07. The van der Waals surface area contributed by atoms with Gasteiger partial charge in [-0.15, -0.1) is 0 Å². The van der Waals surface area contributed by atoms with E-state index in [1.165, 1.54) is 11.1 Å². The maximum atomic E-state index is 5.14. The van der Waals surface area contributed by atoms with Gasteiger partial charge in [0.2, 0.25) is 0 Å². The van der Waals surface area contributed by atoms with Gasteiger partial charge in [-0.2, -0.15) is 0 Å². The second-order valence-electron chi connectivity index (χ2n) is 4.39. The highest BCUT2D eigenvalue weighted by molar-refractivity contribution is 5.24. The van der Waals surface area contributed by atoms with E-state index in [-0.39, 0.29) is 0 Å². The van der Waals surface area contributed by atoms with Crippen LogP contribution in [0.4, 0.5) is 0 Å². The van der Waals surface area contributed by atoms with Gasteiger partial charge < -0.3 is 10.1 Å². The molecular formula is C14H23NO. The third-order valence-electron chi connectivity index (χ3n) is 2.79. The van der Waals surface area contributed by atoms with Gasteiger partial charge in [-0.1, -0.05) is 36.8 Å². The van der Waals surface area contributed by atoms with E-state index in [2.05, 4.69) is 50.4 Å². The van der Waals surface area contributed by atoms with Crippen molar-refractivity contribution in [1.29, 1.82) is 0 Å². The molecule has 0 aliphatic rings. The van der Waals surface area contributed by atoms with Gasteiger partial charge >= 0.3 is 0 Å². The number of hydrogen-bond acceptors (Lipinski definition) is 2. The number of rotatable bonds is 6. The van der Waals surface area contributed by atoms with E-state index in [1.807, 2.05) is 0 Å². The number of hydrogen-bond donors (Lipinski definition) is 1. The van der Waals surface area contributed by atoms with E-state index in [4.69, 9.17) is 4.74 Å². The minimum atomic E-state index is 0.385. The van der Waals surface area contributed by atoms with Crippen molar-refractivity contribution in [2.45, 2.75) is 39.3 Å². The van der Waals surface area contributed by atoms with Gasteiger partial charge in [-0.05, 0) is 25.8 Å². The Morgan fingerprint density at radius 3 is 2.38 bits per heavy atom. The zero-order valence-electron chi connectivity index (χ0n) is 10.8. The lowest BCUT2D eigenvalue weighted by molar-refractivity contribution is 0.166. The molecule has 16 heavy (non-hydrogen) atoms. The van der Waals surface area contributed by atoms with Crippen molar-refractivity contribution in [2.24, 2.45) is 0 Å². The SMILES string of the molecule is CCC(NC(C)COC)c1ccc(C)cc1. The number of aryl methyl sites for hydroxylation is 1. The fourth-order valence-electron chi connectivity index (χ4n) is 1.89. The van der Waals surface area contributed by atoms with Crippen molar-refractivity contribution in [2.75, 3.05) is 13.7 Å². The van der Waals surface area contributed by atoms with Crippen LogP contribution in [-0.4, -0.2) is 19.8 Å². The molecule has 0 aliphatic carbocycles. The van der Waals surface area contributed by atoms with Crippen molar-refractivity contribution in [1.82, 2.24) is 5.32 Å². The fourth-order valence-corrected chi connectivity index (χ4v) is 1.89. The van der Waals surface area contributed by atoms with Crippen LogP contribution in [0.3, 0.4) is 0 Å². The van der Waals surface area contributed by atoms with Gasteiger partial charge in [0.15, 0.2) is 0 Å². The minimum Gasteiger partial charge on any atom is -0.383 e. The molecule has 0 bridgehead atoms. The van der Waals surface area contributed by atoms with Crippen LogP contribution >= 0.6 is 0 Å². The van der Waals surface area contributed by atoms with Crippen LogP contribution in [0.15, 0.2) is 24.3 Å². The van der Waals surface area contributed by atoms with Crippen LogP contribution in [0.25, 0.3) is 0 Å². The summed E-state index contributed by atoms with van der Waals surface area (Å²) in [5.74, 6) is 0. The highest BCUT2D eigenvalue weighted by atomic mass is 16.5. The average Bonchev–Trinajstić information content (AvgIpc) is 2.27. The summed E-state index contributed by atoms with van der Waals surface area (Å²) >= 11 is 0. The molecule has 0 saturated carbocycles. The summed E-state index contributed by atoms with van der Waals surface area (Å²) in [4.78, 5) is 0. The summed E-state index contributed by atoms with van der Waals surface area (Å²) in [6.07, 6.45) is 1.09. The molecule has 1 rings (SSSR count). The molecule has 0 amide bonds. The highest BCUT2D eigenvalue weighted by Crippen LogP contribution is 2.17. The van der Waals surface area contributed by atoms with Crippen molar-refractivity contribution in [3.63, 3.8) is 0 Å². The highest BCUT2D eigenvalue weighted by Gasteiger charge is 2.11. The molecule has 1 N–H and O–H groups in total. The molecule has 1 aromatic rings. The van der Waals surface area contributed by atoms with E-state index < -0.39 is 0 Å². The Kier molecular flexibility index (Phi) is 5.50. The number of methoxy groups -OCH3 is 1. The Morgan fingerprint density at radius 1 is 1.25 bits per heavy atom. The molecule has 1 aromatic carbocycles. The lowest BCUT2D eigenvalue weighted by Gasteiger charge is -2.22. The summed E-state index contributed by atoms with van der Waals surface area (Å²) in [7, 11) is 1.74. The van der Waals surface area contributed by atoms with Crippen molar-refractivity contribution >= 4 is 0 Å². The van der Waals surface area contributed by atoms with E-state index in [9.17, 15) is 0 Å². The van der Waals surface area contributed by atoms with Gasteiger partial charge in [-0.3, -0.25) is 0 Å². The molecule has 2 atom stereocenters. The normalized spacial score (nSPS) is 14.8. The summed E-state index contributed by atoms with van der Waals surface area (Å²) in [5, 5.41) is 3.58. The van der Waals surface area contributed by atoms with Crippen LogP contribution in [0.1, 0.15) is 37.4 Å². The van der Waals surface area contributed by atoms with Gasteiger partial charge in [0.05, 0.1) is 6.61 Å². The number of nitrogens with one attached hydrogen (secondary N) is 1. The average molecular weight is 221 g/mol. The lowest BCUT2D eigenvalue weighted by atomic mass is 10.0. The molecular weight excluding hydrogens is 198 g/mol. The quantitative estimate of drug-likeness (QED) is 0.797. The third kappa shape index (κ3) is 3.95. The van der Waals surface area contributed by atoms with E-state index in [0.29, 0.717) is 12.1 Å². The minimum absolute atomic E-state index is 0.385. The molecule has 2 heteroatoms. The van der Waals surface area contributed by atoms with E-state index in [1.54, 1.807) is 7.11 Å². The number of ether oxygens (including phenoxy) is 1. The molecule has 90 valence electrons. The molecule has 0 fully saturated rings. The Morgan fingerprint density at radius 2 is 1.88 bits per heavy atom. The Hall–Kier alpha value is -0.860. The summed E-state index contributed by atoms with van der Waals surface area (Å²) < 4.78 is 5.14. The largest absolute Gasteiger partial charge is 0.383 e. The molecule has 0 aliphatic heterocycles. The molecule has 0 spiro atoms. The smallest absolute Gasteiger partial charge is 0.0613 e. The Balaban J connectivity index is 2.63. The van der Waals surface area contributed by atoms with Crippen LogP contribution in [0.2, 0.25) is 0 Å². The standard InChI is InChI=1S/C14H23NO/c1-5-14(15-12(3)10-16-4)13-8-6-11(2)7-9-13/h6-9,12,14-15H,5,10H2,1-4H3. The van der Waals surface area contributed by atoms with Crippen LogP contribution in [0.5, 0.6) is 0 Å². The van der Waals surface area contributed by atoms with Crippen molar-refractivity contribution in [3.8, 4) is 0 Å². The second kappa shape index (κ2) is 6.66. The Bertz CT molecular complexity index is 294. The van der Waals surface area contributed by atoms with Crippen LogP contribution < -0.4 is 5.32 Å². The molecule has 0 aromatic heterocycles. The van der Waals surface area contributed by atoms with E-state index in [0.717, 1.165) is 13.0 Å². The summed E-state index contributed by atoms with van der Waals surface area (Å²) in [5.41, 5.74) is 2.67. The monoisotopic (exact) mass is 221 g/mol. The Labute approximate surface area is 99.0 Å². The van der Waals surface area contributed by atoms with Crippen molar-refractivity contribution < 1.29 is 4.74 Å². The summed E-state index contributed by atoms with van der Waals surface area (Å²) in [6.45, 7) is 7.23. The maximum Gasteiger partial charge on any atom is 0.0613 e. The van der Waals surface area contributed by atoms with Gasteiger partial charge in [0, 0.05) is 19.2 Å². The first-order valence-electron chi connectivity index (χ1n) is 5.99. The first-order chi connectivity index (χ1) is 7.67.